The molecule has 12 heteroatoms. The molecular weight excluding hydrogens is 545 g/mol. The van der Waals surface area contributed by atoms with Crippen LogP contribution >= 0.6 is 0 Å². The Hall–Kier alpha value is -4.76. The number of nitrogens with one attached hydrogen (secondary N) is 1. The van der Waals surface area contributed by atoms with Crippen molar-refractivity contribution in [3.05, 3.63) is 101 Å². The highest BCUT2D eigenvalue weighted by Crippen LogP contribution is 2.34. The van der Waals surface area contributed by atoms with E-state index in [0.29, 0.717) is 48.3 Å². The van der Waals surface area contributed by atoms with Crippen molar-refractivity contribution in [2.24, 2.45) is 0 Å². The molecule has 0 bridgehead atoms. The second-order valence-corrected chi connectivity index (χ2v) is 9.41. The van der Waals surface area contributed by atoms with Crippen LogP contribution in [0.1, 0.15) is 27.9 Å². The van der Waals surface area contributed by atoms with Crippen molar-refractivity contribution in [1.29, 1.82) is 5.26 Å². The predicted molar refractivity (Wildman–Crippen MR) is 140 cm³/mol. The smallest absolute Gasteiger partial charge is 0.406 e. The molecule has 0 radical (unpaired) electrons. The van der Waals surface area contributed by atoms with E-state index in [1.54, 1.807) is 12.1 Å². The second-order valence-electron chi connectivity index (χ2n) is 9.41. The third-order valence-electron chi connectivity index (χ3n) is 6.59. The molecule has 0 saturated heterocycles. The number of pyridine rings is 1. The number of hydrogen-bond donors (Lipinski definition) is 1. The van der Waals surface area contributed by atoms with Gasteiger partial charge in [-0.15, -0.1) is 13.2 Å². The Balaban J connectivity index is 1.42. The molecule has 3 heterocycles. The summed E-state index contributed by atoms with van der Waals surface area (Å²) in [5.41, 5.74) is 2.89. The standard InChI is InChI=1S/C29H22F5N5O2/c30-21-11-18(10-20(12-21)15-35)2-1-8-38-9-6-25-24(17-38)23-4-3-22(41-29(32,33)34)14-26(23)39(25)28(40)37-16-19-5-7-36-27(31)13-19/h1-5,7,10-14H,6,8-9,16-17H2,(H,37,40)/b2-1+. The number of carbonyl (C=O) groups excluding carboxylic acids is 1. The van der Waals surface area contributed by atoms with Gasteiger partial charge in [0, 0.05) is 55.9 Å². The first-order chi connectivity index (χ1) is 19.6. The van der Waals surface area contributed by atoms with Gasteiger partial charge in [0.25, 0.3) is 0 Å². The van der Waals surface area contributed by atoms with Crippen LogP contribution in [0.4, 0.5) is 26.7 Å². The van der Waals surface area contributed by atoms with E-state index in [1.165, 1.54) is 47.2 Å². The van der Waals surface area contributed by atoms with Crippen molar-refractivity contribution < 1.29 is 31.5 Å². The second kappa shape index (κ2) is 11.4. The summed E-state index contributed by atoms with van der Waals surface area (Å²) in [5.74, 6) is -1.68. The Morgan fingerprint density at radius 2 is 1.98 bits per heavy atom. The van der Waals surface area contributed by atoms with Crippen LogP contribution in [0.2, 0.25) is 0 Å². The molecule has 1 aliphatic heterocycles. The van der Waals surface area contributed by atoms with Gasteiger partial charge in [0.1, 0.15) is 11.6 Å². The van der Waals surface area contributed by atoms with Gasteiger partial charge in [-0.1, -0.05) is 12.2 Å². The molecule has 1 N–H and O–H groups in total. The van der Waals surface area contributed by atoms with Crippen LogP contribution in [0, 0.1) is 23.1 Å². The van der Waals surface area contributed by atoms with Crippen molar-refractivity contribution in [2.45, 2.75) is 25.9 Å². The summed E-state index contributed by atoms with van der Waals surface area (Å²) in [6.45, 7) is 1.39. The van der Waals surface area contributed by atoms with Gasteiger partial charge >= 0.3 is 12.4 Å². The molecule has 41 heavy (non-hydrogen) atoms. The van der Waals surface area contributed by atoms with Crippen molar-refractivity contribution in [2.75, 3.05) is 13.1 Å². The molecule has 0 fully saturated rings. The summed E-state index contributed by atoms with van der Waals surface area (Å²) in [7, 11) is 0. The molecule has 0 saturated carbocycles. The van der Waals surface area contributed by atoms with E-state index < -0.39 is 29.9 Å². The van der Waals surface area contributed by atoms with E-state index in [1.807, 2.05) is 12.1 Å². The molecule has 1 amide bonds. The topological polar surface area (TPSA) is 83.2 Å². The average Bonchev–Trinajstić information content (AvgIpc) is 3.23. The molecule has 2 aromatic carbocycles. The summed E-state index contributed by atoms with van der Waals surface area (Å²) in [6.07, 6.45) is 0.319. The Morgan fingerprint density at radius 1 is 1.15 bits per heavy atom. The summed E-state index contributed by atoms with van der Waals surface area (Å²) in [4.78, 5) is 18.9. The monoisotopic (exact) mass is 567 g/mol. The van der Waals surface area contributed by atoms with Gasteiger partial charge < -0.3 is 10.1 Å². The summed E-state index contributed by atoms with van der Waals surface area (Å²) in [6, 6.07) is 12.0. The minimum atomic E-state index is -4.91. The van der Waals surface area contributed by atoms with Gasteiger partial charge in [0.2, 0.25) is 5.95 Å². The predicted octanol–water partition coefficient (Wildman–Crippen LogP) is 5.91. The van der Waals surface area contributed by atoms with E-state index >= 15 is 0 Å². The molecule has 0 spiro atoms. The number of halogens is 5. The zero-order chi connectivity index (χ0) is 29.1. The fourth-order valence-corrected chi connectivity index (χ4v) is 4.90. The van der Waals surface area contributed by atoms with Crippen LogP contribution in [0.5, 0.6) is 5.75 Å². The number of benzene rings is 2. The minimum absolute atomic E-state index is 0.0179. The van der Waals surface area contributed by atoms with Crippen LogP contribution < -0.4 is 10.1 Å². The first-order valence-electron chi connectivity index (χ1n) is 12.5. The number of amides is 1. The molecule has 0 unspecified atom stereocenters. The van der Waals surface area contributed by atoms with Crippen LogP contribution in [0.3, 0.4) is 0 Å². The lowest BCUT2D eigenvalue weighted by molar-refractivity contribution is -0.274. The van der Waals surface area contributed by atoms with E-state index in [9.17, 15) is 26.7 Å². The van der Waals surface area contributed by atoms with Crippen LogP contribution in [-0.2, 0) is 19.5 Å². The summed E-state index contributed by atoms with van der Waals surface area (Å²) < 4.78 is 71.5. The highest BCUT2D eigenvalue weighted by molar-refractivity contribution is 5.96. The molecule has 2 aromatic heterocycles. The third kappa shape index (κ3) is 6.53. The van der Waals surface area contributed by atoms with Crippen molar-refractivity contribution in [3.63, 3.8) is 0 Å². The maximum Gasteiger partial charge on any atom is 0.573 e. The summed E-state index contributed by atoms with van der Waals surface area (Å²) >= 11 is 0. The third-order valence-corrected chi connectivity index (χ3v) is 6.59. The van der Waals surface area contributed by atoms with Gasteiger partial charge in [0.15, 0.2) is 0 Å². The molecule has 0 atom stereocenters. The van der Waals surface area contributed by atoms with Crippen LogP contribution in [0.15, 0.2) is 60.8 Å². The molecule has 4 aromatic rings. The Kier molecular flexibility index (Phi) is 7.72. The lowest BCUT2D eigenvalue weighted by atomic mass is 10.0. The van der Waals surface area contributed by atoms with Crippen molar-refractivity contribution >= 4 is 23.0 Å². The van der Waals surface area contributed by atoms with Crippen molar-refractivity contribution in [3.8, 4) is 11.8 Å². The molecule has 7 nitrogen and oxygen atoms in total. The lowest BCUT2D eigenvalue weighted by Gasteiger charge is -2.27. The van der Waals surface area contributed by atoms with Crippen LogP contribution in [-0.4, -0.2) is 39.9 Å². The lowest BCUT2D eigenvalue weighted by Crippen LogP contribution is -2.34. The molecule has 1 aliphatic rings. The van der Waals surface area contributed by atoms with E-state index in [-0.39, 0.29) is 17.6 Å². The Labute approximate surface area is 231 Å². The van der Waals surface area contributed by atoms with Gasteiger partial charge in [-0.05, 0) is 59.2 Å². The SMILES string of the molecule is N#Cc1cc(F)cc(/C=C/CN2CCc3c(c4ccc(OC(F)(F)F)cc4n3C(=O)NCc3ccnc(F)c3)C2)c1. The number of carbonyl (C=O) groups is 1. The molecule has 210 valence electrons. The molecular formula is C29H22F5N5O2. The highest BCUT2D eigenvalue weighted by atomic mass is 19.4. The van der Waals surface area contributed by atoms with Crippen LogP contribution in [0.25, 0.3) is 17.0 Å². The maximum atomic E-state index is 13.7. The molecule has 5 rings (SSSR count). The van der Waals surface area contributed by atoms with Gasteiger partial charge in [-0.25, -0.2) is 14.2 Å². The van der Waals surface area contributed by atoms with Gasteiger partial charge in [-0.2, -0.15) is 9.65 Å². The van der Waals surface area contributed by atoms with Gasteiger partial charge in [-0.3, -0.25) is 9.47 Å². The highest BCUT2D eigenvalue weighted by Gasteiger charge is 2.32. The number of ether oxygens (including phenoxy) is 1. The van der Waals surface area contributed by atoms with E-state index in [2.05, 4.69) is 19.9 Å². The number of rotatable bonds is 6. The number of aromatic nitrogens is 2. The fraction of sp³-hybridized carbons (Fsp3) is 0.207. The van der Waals surface area contributed by atoms with E-state index in [4.69, 9.17) is 5.26 Å². The number of nitrogens with zero attached hydrogens (tertiary/aromatic N) is 4. The quantitative estimate of drug-likeness (QED) is 0.231. The zero-order valence-electron chi connectivity index (χ0n) is 21.4. The van der Waals surface area contributed by atoms with Crippen molar-refractivity contribution in [1.82, 2.24) is 19.8 Å². The number of alkyl halides is 3. The first-order valence-corrected chi connectivity index (χ1v) is 12.5. The Morgan fingerprint density at radius 3 is 2.73 bits per heavy atom. The normalized spacial score (nSPS) is 13.8. The summed E-state index contributed by atoms with van der Waals surface area (Å²) in [5, 5.41) is 12.4. The maximum absolute atomic E-state index is 13.7. The largest absolute Gasteiger partial charge is 0.573 e. The zero-order valence-corrected chi connectivity index (χ0v) is 21.4. The number of nitriles is 1. The first kappa shape index (κ1) is 27.8. The minimum Gasteiger partial charge on any atom is -0.406 e. The molecule has 0 aliphatic carbocycles. The Bertz CT molecular complexity index is 1690. The average molecular weight is 568 g/mol. The van der Waals surface area contributed by atoms with E-state index in [0.717, 1.165) is 11.6 Å². The van der Waals surface area contributed by atoms with Gasteiger partial charge in [0.05, 0.1) is 17.1 Å². The fourth-order valence-electron chi connectivity index (χ4n) is 4.90. The number of fused-ring (bicyclic) bond motifs is 3. The number of hydrogen-bond acceptors (Lipinski definition) is 5.